The number of halogens is 1. The quantitative estimate of drug-likeness (QED) is 0.169. The average Bonchev–Trinajstić information content (AvgIpc) is 3.19. The molecule has 0 bridgehead atoms. The van der Waals surface area contributed by atoms with Crippen LogP contribution in [0.1, 0.15) is 28.3 Å². The normalized spacial score (nSPS) is 16.6. The number of aliphatic hydroxyl groups is 1. The molecule has 5 rings (SSSR count). The summed E-state index contributed by atoms with van der Waals surface area (Å²) in [5.74, 6) is -1.19. The van der Waals surface area contributed by atoms with Crippen LogP contribution in [0.3, 0.4) is 0 Å². The number of aromatic hydroxyl groups is 1. The van der Waals surface area contributed by atoms with E-state index in [1.54, 1.807) is 54.6 Å². The van der Waals surface area contributed by atoms with Crippen molar-refractivity contribution in [2.24, 2.45) is 0 Å². The number of nitrogens with zero attached hydrogens (tertiary/aromatic N) is 1. The molecule has 0 aliphatic carbocycles. The molecule has 0 saturated carbocycles. The minimum atomic E-state index is -0.911. The maximum atomic E-state index is 13.3. The molecule has 6 nitrogen and oxygen atoms in total. The number of phenolic OH excluding ortho intramolecular Hbond substituents is 1. The Kier molecular flexibility index (Phi) is 6.90. The topological polar surface area (TPSA) is 87.1 Å². The number of hydrogen-bond acceptors (Lipinski definition) is 5. The maximum absolute atomic E-state index is 13.3. The summed E-state index contributed by atoms with van der Waals surface area (Å²) in [5, 5.41) is 21.7. The summed E-state index contributed by atoms with van der Waals surface area (Å²) >= 11 is 6.04. The molecule has 1 amide bonds. The average molecular weight is 526 g/mol. The van der Waals surface area contributed by atoms with Crippen LogP contribution in [-0.4, -0.2) is 21.9 Å². The highest BCUT2D eigenvalue weighted by molar-refractivity contribution is 6.51. The third-order valence-corrected chi connectivity index (χ3v) is 6.70. The summed E-state index contributed by atoms with van der Waals surface area (Å²) in [4.78, 5) is 27.9. The lowest BCUT2D eigenvalue weighted by molar-refractivity contribution is -0.132. The van der Waals surface area contributed by atoms with Gasteiger partial charge in [-0.15, -0.1) is 0 Å². The van der Waals surface area contributed by atoms with Gasteiger partial charge in [-0.25, -0.2) is 0 Å². The first-order chi connectivity index (χ1) is 18.3. The lowest BCUT2D eigenvalue weighted by Crippen LogP contribution is -2.29. The summed E-state index contributed by atoms with van der Waals surface area (Å²) in [6.45, 7) is 2.24. The van der Waals surface area contributed by atoms with Gasteiger partial charge in [-0.1, -0.05) is 54.1 Å². The Morgan fingerprint density at radius 1 is 0.921 bits per heavy atom. The first-order valence-corrected chi connectivity index (χ1v) is 12.3. The fraction of sp³-hybridized carbons (Fsp3) is 0.0968. The van der Waals surface area contributed by atoms with Crippen LogP contribution < -0.4 is 9.64 Å². The molecule has 4 aromatic rings. The third kappa shape index (κ3) is 4.86. The molecule has 7 heteroatoms. The number of carbonyl (C=O) groups excluding carboxylic acids is 2. The van der Waals surface area contributed by atoms with E-state index in [2.05, 4.69) is 0 Å². The zero-order valence-electron chi connectivity index (χ0n) is 20.5. The van der Waals surface area contributed by atoms with Crippen molar-refractivity contribution in [3.05, 3.63) is 130 Å². The van der Waals surface area contributed by atoms with Crippen molar-refractivity contribution >= 4 is 34.7 Å². The van der Waals surface area contributed by atoms with Crippen LogP contribution >= 0.6 is 11.6 Å². The van der Waals surface area contributed by atoms with Gasteiger partial charge < -0.3 is 14.9 Å². The number of anilines is 1. The van der Waals surface area contributed by atoms with Crippen molar-refractivity contribution in [2.45, 2.75) is 19.6 Å². The van der Waals surface area contributed by atoms with Crippen molar-refractivity contribution in [3.63, 3.8) is 0 Å². The van der Waals surface area contributed by atoms with Crippen molar-refractivity contribution in [1.29, 1.82) is 0 Å². The van der Waals surface area contributed by atoms with Gasteiger partial charge in [0.25, 0.3) is 11.7 Å². The molecule has 190 valence electrons. The van der Waals surface area contributed by atoms with Gasteiger partial charge in [0.15, 0.2) is 0 Å². The summed E-state index contributed by atoms with van der Waals surface area (Å²) < 4.78 is 5.95. The van der Waals surface area contributed by atoms with E-state index in [1.165, 1.54) is 17.0 Å². The minimum Gasteiger partial charge on any atom is -0.508 e. The van der Waals surface area contributed by atoms with Gasteiger partial charge in [0.05, 0.1) is 11.6 Å². The van der Waals surface area contributed by atoms with Crippen LogP contribution in [0.4, 0.5) is 5.69 Å². The van der Waals surface area contributed by atoms with Gasteiger partial charge >= 0.3 is 0 Å². The number of ether oxygens (including phenoxy) is 1. The second-order valence-corrected chi connectivity index (χ2v) is 9.43. The van der Waals surface area contributed by atoms with E-state index in [4.69, 9.17) is 16.3 Å². The Balaban J connectivity index is 1.55. The molecule has 38 heavy (non-hydrogen) atoms. The van der Waals surface area contributed by atoms with Crippen LogP contribution in [0.15, 0.2) is 103 Å². The first-order valence-electron chi connectivity index (χ1n) is 12.0. The van der Waals surface area contributed by atoms with E-state index in [0.717, 1.165) is 11.1 Å². The van der Waals surface area contributed by atoms with E-state index in [0.29, 0.717) is 34.2 Å². The molecule has 0 radical (unpaired) electrons. The number of ketones is 1. The number of amides is 1. The number of benzene rings is 4. The zero-order valence-corrected chi connectivity index (χ0v) is 21.2. The Labute approximate surface area is 225 Å². The van der Waals surface area contributed by atoms with Crippen molar-refractivity contribution < 1.29 is 24.5 Å². The lowest BCUT2D eigenvalue weighted by Gasteiger charge is -2.25. The molecule has 1 saturated heterocycles. The number of aryl methyl sites for hydroxylation is 1. The molecule has 1 aliphatic rings. The smallest absolute Gasteiger partial charge is 0.300 e. The summed E-state index contributed by atoms with van der Waals surface area (Å²) in [7, 11) is 0. The van der Waals surface area contributed by atoms with Gasteiger partial charge in [0.2, 0.25) is 0 Å². The molecular weight excluding hydrogens is 502 g/mol. The van der Waals surface area contributed by atoms with Gasteiger partial charge in [-0.3, -0.25) is 14.5 Å². The Morgan fingerprint density at radius 2 is 1.61 bits per heavy atom. The summed E-state index contributed by atoms with van der Waals surface area (Å²) in [6, 6.07) is 26.7. The molecule has 0 spiro atoms. The number of carbonyl (C=O) groups is 2. The predicted octanol–water partition coefficient (Wildman–Crippen LogP) is 6.56. The Morgan fingerprint density at radius 3 is 2.26 bits per heavy atom. The fourth-order valence-corrected chi connectivity index (χ4v) is 4.65. The van der Waals surface area contributed by atoms with E-state index in [1.807, 2.05) is 37.3 Å². The number of hydrogen-bond donors (Lipinski definition) is 2. The fourth-order valence-electron chi connectivity index (χ4n) is 4.52. The molecule has 1 atom stereocenters. The highest BCUT2D eigenvalue weighted by Crippen LogP contribution is 2.43. The van der Waals surface area contributed by atoms with Crippen LogP contribution in [-0.2, 0) is 16.2 Å². The number of aliphatic hydroxyl groups excluding tert-OH is 1. The first kappa shape index (κ1) is 25.1. The van der Waals surface area contributed by atoms with Crippen LogP contribution in [0.5, 0.6) is 11.5 Å². The van der Waals surface area contributed by atoms with Crippen molar-refractivity contribution in [3.8, 4) is 11.5 Å². The number of phenols is 1. The molecule has 1 unspecified atom stereocenters. The lowest BCUT2D eigenvalue weighted by atomic mass is 9.94. The van der Waals surface area contributed by atoms with Crippen molar-refractivity contribution in [1.82, 2.24) is 0 Å². The largest absolute Gasteiger partial charge is 0.508 e. The molecular formula is C31H24ClNO5. The number of Topliss-reactive ketones (excluding diaryl/α,β-unsaturated/α-hetero) is 1. The Bertz CT molecular complexity index is 1530. The number of rotatable bonds is 6. The molecule has 1 aliphatic heterocycles. The molecule has 1 heterocycles. The summed E-state index contributed by atoms with van der Waals surface area (Å²) in [6.07, 6.45) is 0. The van der Waals surface area contributed by atoms with E-state index >= 15 is 0 Å². The second kappa shape index (κ2) is 10.4. The van der Waals surface area contributed by atoms with E-state index < -0.39 is 17.7 Å². The van der Waals surface area contributed by atoms with E-state index in [9.17, 15) is 19.8 Å². The van der Waals surface area contributed by atoms with Gasteiger partial charge in [0, 0.05) is 16.3 Å². The SMILES string of the molecule is Cc1cc(/C(O)=C2/C(=O)C(=O)N(c3ccc(Cl)cc3)C2c2ccc(O)cc2)ccc1OCc1ccccc1. The molecule has 4 aromatic carbocycles. The van der Waals surface area contributed by atoms with Gasteiger partial charge in [0.1, 0.15) is 23.9 Å². The maximum Gasteiger partial charge on any atom is 0.300 e. The molecule has 0 aromatic heterocycles. The molecule has 1 fully saturated rings. The van der Waals surface area contributed by atoms with Crippen molar-refractivity contribution in [2.75, 3.05) is 4.90 Å². The summed E-state index contributed by atoms with van der Waals surface area (Å²) in [5.41, 5.74) is 3.13. The second-order valence-electron chi connectivity index (χ2n) is 8.99. The van der Waals surface area contributed by atoms with Crippen LogP contribution in [0.2, 0.25) is 5.02 Å². The Hall–Kier alpha value is -4.55. The van der Waals surface area contributed by atoms with E-state index in [-0.39, 0.29) is 17.1 Å². The molecule has 2 N–H and O–H groups in total. The highest BCUT2D eigenvalue weighted by Gasteiger charge is 2.47. The zero-order chi connectivity index (χ0) is 26.8. The standard InChI is InChI=1S/C31H24ClNO5/c1-19-17-22(9-16-26(19)38-18-20-5-3-2-4-6-20)29(35)27-28(21-7-14-25(34)15-8-21)33(31(37)30(27)36)24-12-10-23(32)11-13-24/h2-17,28,34-35H,18H2,1H3/b29-27-. The van der Waals surface area contributed by atoms with Crippen LogP contribution in [0, 0.1) is 6.92 Å². The van der Waals surface area contributed by atoms with Gasteiger partial charge in [-0.2, -0.15) is 0 Å². The van der Waals surface area contributed by atoms with Crippen LogP contribution in [0.25, 0.3) is 5.76 Å². The monoisotopic (exact) mass is 525 g/mol. The predicted molar refractivity (Wildman–Crippen MR) is 146 cm³/mol. The minimum absolute atomic E-state index is 0.0407. The van der Waals surface area contributed by atoms with Gasteiger partial charge in [-0.05, 0) is 78.2 Å². The third-order valence-electron chi connectivity index (χ3n) is 6.44. The highest BCUT2D eigenvalue weighted by atomic mass is 35.5.